The Labute approximate surface area is 153 Å². The summed E-state index contributed by atoms with van der Waals surface area (Å²) in [6.07, 6.45) is 2.49. The molecule has 0 amide bonds. The van der Waals surface area contributed by atoms with Crippen molar-refractivity contribution in [2.45, 2.75) is 51.9 Å². The van der Waals surface area contributed by atoms with Gasteiger partial charge in [-0.1, -0.05) is 88.4 Å². The van der Waals surface area contributed by atoms with Gasteiger partial charge in [0, 0.05) is 5.92 Å². The summed E-state index contributed by atoms with van der Waals surface area (Å²) in [4.78, 5) is 0. The van der Waals surface area contributed by atoms with Gasteiger partial charge >= 0.3 is 0 Å². The van der Waals surface area contributed by atoms with Gasteiger partial charge in [-0.2, -0.15) is 0 Å². The summed E-state index contributed by atoms with van der Waals surface area (Å²) >= 11 is 0. The standard InChI is InChI=1S/C23H30OSi/c1-17-21(16-18-12-8-7-9-13-18)19-14-10-11-15-20(19)22(17)24-25(5,6)23(2,3)4/h7-17,22H,1-6H3/b21-16-/t17-,22+/m0/s1. The largest absolute Gasteiger partial charge is 0.409 e. The first-order chi connectivity index (χ1) is 11.7. The quantitative estimate of drug-likeness (QED) is 0.545. The molecule has 2 aromatic rings. The van der Waals surface area contributed by atoms with Crippen molar-refractivity contribution in [3.63, 3.8) is 0 Å². The van der Waals surface area contributed by atoms with Crippen LogP contribution in [0.15, 0.2) is 54.6 Å². The predicted octanol–water partition coefficient (Wildman–Crippen LogP) is 6.94. The molecule has 0 aromatic heterocycles. The lowest BCUT2D eigenvalue weighted by Gasteiger charge is -2.39. The highest BCUT2D eigenvalue weighted by Gasteiger charge is 2.43. The van der Waals surface area contributed by atoms with Crippen LogP contribution in [0.3, 0.4) is 0 Å². The molecule has 0 bridgehead atoms. The van der Waals surface area contributed by atoms with Crippen molar-refractivity contribution in [2.75, 3.05) is 0 Å². The Bertz CT molecular complexity index is 768. The van der Waals surface area contributed by atoms with Crippen LogP contribution in [0.1, 0.15) is 50.5 Å². The van der Waals surface area contributed by atoms with Crippen molar-refractivity contribution in [3.05, 3.63) is 71.3 Å². The van der Waals surface area contributed by atoms with E-state index in [0.29, 0.717) is 5.92 Å². The van der Waals surface area contributed by atoms with Crippen molar-refractivity contribution in [1.82, 2.24) is 0 Å². The summed E-state index contributed by atoms with van der Waals surface area (Å²) in [5.41, 5.74) is 5.35. The molecule has 1 aliphatic carbocycles. The Morgan fingerprint density at radius 3 is 2.16 bits per heavy atom. The van der Waals surface area contributed by atoms with Gasteiger partial charge in [0.1, 0.15) is 0 Å². The third-order valence-corrected chi connectivity index (χ3v) is 10.3. The van der Waals surface area contributed by atoms with Gasteiger partial charge in [0.05, 0.1) is 6.10 Å². The lowest BCUT2D eigenvalue weighted by molar-refractivity contribution is 0.159. The van der Waals surface area contributed by atoms with Gasteiger partial charge in [0.25, 0.3) is 0 Å². The monoisotopic (exact) mass is 350 g/mol. The van der Waals surface area contributed by atoms with E-state index < -0.39 is 8.32 Å². The molecule has 2 aromatic carbocycles. The number of fused-ring (bicyclic) bond motifs is 1. The van der Waals surface area contributed by atoms with Crippen molar-refractivity contribution in [3.8, 4) is 0 Å². The lowest BCUT2D eigenvalue weighted by atomic mass is 9.98. The molecule has 25 heavy (non-hydrogen) atoms. The Kier molecular flexibility index (Phi) is 4.78. The van der Waals surface area contributed by atoms with Crippen LogP contribution in [0.5, 0.6) is 0 Å². The zero-order valence-electron chi connectivity index (χ0n) is 16.3. The molecule has 2 atom stereocenters. The highest BCUT2D eigenvalue weighted by molar-refractivity contribution is 6.74. The molecule has 0 radical (unpaired) electrons. The molecule has 1 aliphatic rings. The number of rotatable bonds is 3. The van der Waals surface area contributed by atoms with Gasteiger partial charge < -0.3 is 4.43 Å². The maximum atomic E-state index is 6.87. The van der Waals surface area contributed by atoms with Crippen LogP contribution < -0.4 is 0 Å². The van der Waals surface area contributed by atoms with Crippen LogP contribution in [0.2, 0.25) is 18.1 Å². The molecule has 3 rings (SSSR count). The minimum absolute atomic E-state index is 0.159. The third kappa shape index (κ3) is 3.51. The minimum Gasteiger partial charge on any atom is -0.409 e. The second-order valence-corrected chi connectivity index (χ2v) is 13.4. The van der Waals surface area contributed by atoms with E-state index in [2.05, 4.69) is 101 Å². The molecule has 1 nitrogen and oxygen atoms in total. The molecular formula is C23H30OSi. The SMILES string of the molecule is C[C@H]1/C(=C/c2ccccc2)c2ccccc2[C@@H]1O[Si](C)(C)C(C)(C)C. The smallest absolute Gasteiger partial charge is 0.192 e. The summed E-state index contributed by atoms with van der Waals surface area (Å²) in [7, 11) is -1.83. The Hall–Kier alpha value is -1.64. The molecule has 0 saturated heterocycles. The van der Waals surface area contributed by atoms with Crippen molar-refractivity contribution in [1.29, 1.82) is 0 Å². The maximum absolute atomic E-state index is 6.87. The Balaban J connectivity index is 2.02. The van der Waals surface area contributed by atoms with Crippen LogP contribution in [0, 0.1) is 5.92 Å². The summed E-state index contributed by atoms with van der Waals surface area (Å²) < 4.78 is 6.87. The molecule has 2 heteroatoms. The third-order valence-electron chi connectivity index (χ3n) is 5.87. The first-order valence-corrected chi connectivity index (χ1v) is 12.2. The first kappa shape index (κ1) is 18.2. The highest BCUT2D eigenvalue weighted by Crippen LogP contribution is 2.50. The topological polar surface area (TPSA) is 9.23 Å². The van der Waals surface area contributed by atoms with E-state index in [4.69, 9.17) is 4.43 Å². The average molecular weight is 351 g/mol. The Morgan fingerprint density at radius 1 is 0.920 bits per heavy atom. The van der Waals surface area contributed by atoms with Crippen molar-refractivity contribution >= 4 is 20.0 Å². The van der Waals surface area contributed by atoms with Gasteiger partial charge in [-0.05, 0) is 40.4 Å². The van der Waals surface area contributed by atoms with E-state index in [-0.39, 0.29) is 11.1 Å². The predicted molar refractivity (Wildman–Crippen MR) is 111 cm³/mol. The van der Waals surface area contributed by atoms with Gasteiger partial charge in [-0.25, -0.2) is 0 Å². The second kappa shape index (κ2) is 6.58. The van der Waals surface area contributed by atoms with Crippen LogP contribution in [-0.4, -0.2) is 8.32 Å². The van der Waals surface area contributed by atoms with Crippen LogP contribution in [0.4, 0.5) is 0 Å². The summed E-state index contributed by atoms with van der Waals surface area (Å²) in [6.45, 7) is 13.9. The number of hydrogen-bond donors (Lipinski definition) is 0. The normalized spacial score (nSPS) is 22.2. The van der Waals surface area contributed by atoms with Crippen molar-refractivity contribution in [2.24, 2.45) is 5.92 Å². The summed E-state index contributed by atoms with van der Waals surface area (Å²) in [5.74, 6) is 0.367. The van der Waals surface area contributed by atoms with Gasteiger partial charge in [0.15, 0.2) is 8.32 Å². The Morgan fingerprint density at radius 2 is 1.52 bits per heavy atom. The highest BCUT2D eigenvalue weighted by atomic mass is 28.4. The first-order valence-electron chi connectivity index (χ1n) is 9.24. The fourth-order valence-electron chi connectivity index (χ4n) is 3.28. The second-order valence-electron chi connectivity index (χ2n) is 8.69. The van der Waals surface area contributed by atoms with Gasteiger partial charge in [0.2, 0.25) is 0 Å². The summed E-state index contributed by atoms with van der Waals surface area (Å²) in [6, 6.07) is 19.4. The van der Waals surface area contributed by atoms with E-state index in [0.717, 1.165) is 0 Å². The fourth-order valence-corrected chi connectivity index (χ4v) is 4.60. The minimum atomic E-state index is -1.83. The van der Waals surface area contributed by atoms with Gasteiger partial charge in [-0.15, -0.1) is 0 Å². The molecule has 0 saturated carbocycles. The van der Waals surface area contributed by atoms with Crippen LogP contribution >= 0.6 is 0 Å². The van der Waals surface area contributed by atoms with Crippen LogP contribution in [-0.2, 0) is 4.43 Å². The lowest BCUT2D eigenvalue weighted by Crippen LogP contribution is -2.42. The molecule has 132 valence electrons. The molecule has 0 aliphatic heterocycles. The van der Waals surface area contributed by atoms with E-state index in [9.17, 15) is 0 Å². The molecule has 0 heterocycles. The average Bonchev–Trinajstić information content (AvgIpc) is 2.81. The molecule has 0 fully saturated rings. The molecule has 0 unspecified atom stereocenters. The van der Waals surface area contributed by atoms with E-state index in [1.165, 1.54) is 22.3 Å². The van der Waals surface area contributed by atoms with E-state index in [1.54, 1.807) is 0 Å². The van der Waals surface area contributed by atoms with E-state index in [1.807, 2.05) is 0 Å². The van der Waals surface area contributed by atoms with E-state index >= 15 is 0 Å². The van der Waals surface area contributed by atoms with Crippen LogP contribution in [0.25, 0.3) is 11.6 Å². The number of benzene rings is 2. The fraction of sp³-hybridized carbons (Fsp3) is 0.391. The number of hydrogen-bond acceptors (Lipinski definition) is 1. The summed E-state index contributed by atoms with van der Waals surface area (Å²) in [5, 5.41) is 0.216. The zero-order chi connectivity index (χ0) is 18.2. The zero-order valence-corrected chi connectivity index (χ0v) is 17.3. The molecular weight excluding hydrogens is 320 g/mol. The molecule has 0 N–H and O–H groups in total. The van der Waals surface area contributed by atoms with Crippen molar-refractivity contribution < 1.29 is 4.43 Å². The maximum Gasteiger partial charge on any atom is 0.192 e. The van der Waals surface area contributed by atoms with Gasteiger partial charge in [-0.3, -0.25) is 0 Å². The molecule has 0 spiro atoms.